The van der Waals surface area contributed by atoms with Crippen molar-refractivity contribution in [2.24, 2.45) is 0 Å². The van der Waals surface area contributed by atoms with Crippen molar-refractivity contribution in [3.63, 3.8) is 0 Å². The maximum absolute atomic E-state index is 11.1. The molecule has 0 aliphatic rings. The minimum absolute atomic E-state index is 0.311. The number of carbonyl (C=O) groups is 1. The third-order valence-corrected chi connectivity index (χ3v) is 1.63. The molecule has 0 saturated heterocycles. The molecule has 0 aliphatic heterocycles. The van der Waals surface area contributed by atoms with E-state index < -0.39 is 5.97 Å². The zero-order valence-corrected chi connectivity index (χ0v) is 8.42. The predicted molar refractivity (Wildman–Crippen MR) is 54.3 cm³/mol. The van der Waals surface area contributed by atoms with Crippen LogP contribution in [0.2, 0.25) is 0 Å². The fraction of sp³-hybridized carbons (Fsp3) is 0.300. The third kappa shape index (κ3) is 3.76. The average molecular weight is 208 g/mol. The zero-order chi connectivity index (χ0) is 11.1. The van der Waals surface area contributed by atoms with Gasteiger partial charge < -0.3 is 4.74 Å². The van der Waals surface area contributed by atoms with E-state index in [1.54, 1.807) is 25.3 Å². The molecule has 0 spiro atoms. The Morgan fingerprint density at radius 2 is 2.47 bits per heavy atom. The molecule has 1 aromatic heterocycles. The van der Waals surface area contributed by atoms with Gasteiger partial charge >= 0.3 is 11.7 Å². The molecule has 0 unspecified atom stereocenters. The summed E-state index contributed by atoms with van der Waals surface area (Å²) in [5.41, 5.74) is -0.342. The Morgan fingerprint density at radius 1 is 1.67 bits per heavy atom. The van der Waals surface area contributed by atoms with Crippen molar-refractivity contribution in [2.75, 3.05) is 6.61 Å². The van der Waals surface area contributed by atoms with Crippen LogP contribution in [-0.2, 0) is 16.1 Å². The van der Waals surface area contributed by atoms with E-state index in [-0.39, 0.29) is 5.69 Å². The number of carbonyl (C=O) groups excluding carboxylic acids is 1. The van der Waals surface area contributed by atoms with Crippen LogP contribution in [-0.4, -0.2) is 22.1 Å². The van der Waals surface area contributed by atoms with Gasteiger partial charge in [0.1, 0.15) is 0 Å². The minimum Gasteiger partial charge on any atom is -0.463 e. The molecular formula is C10H12N2O3. The molecule has 0 aliphatic carbocycles. The number of allylic oxidation sites excluding steroid dienone is 1. The first-order chi connectivity index (χ1) is 7.24. The first-order valence-electron chi connectivity index (χ1n) is 4.58. The smallest absolute Gasteiger partial charge is 0.347 e. The van der Waals surface area contributed by atoms with Crippen molar-refractivity contribution >= 4 is 5.97 Å². The lowest BCUT2D eigenvalue weighted by atomic mass is 10.5. The predicted octanol–water partition coefficient (Wildman–Crippen LogP) is 0.363. The van der Waals surface area contributed by atoms with Gasteiger partial charge in [0.25, 0.3) is 0 Å². The highest BCUT2D eigenvalue weighted by atomic mass is 16.5. The highest BCUT2D eigenvalue weighted by Crippen LogP contribution is 1.85. The Labute approximate surface area is 87.0 Å². The highest BCUT2D eigenvalue weighted by Gasteiger charge is 1.94. The van der Waals surface area contributed by atoms with E-state index in [0.717, 1.165) is 0 Å². The molecule has 0 radical (unpaired) electrons. The van der Waals surface area contributed by atoms with Gasteiger partial charge in [-0.3, -0.25) is 4.57 Å². The molecule has 0 aromatic carbocycles. The zero-order valence-electron chi connectivity index (χ0n) is 8.42. The number of hydrogen-bond donors (Lipinski definition) is 0. The second-order valence-electron chi connectivity index (χ2n) is 2.71. The van der Waals surface area contributed by atoms with Gasteiger partial charge in [-0.1, -0.05) is 6.08 Å². The molecule has 0 fully saturated rings. The van der Waals surface area contributed by atoms with Gasteiger partial charge in [0, 0.05) is 25.0 Å². The van der Waals surface area contributed by atoms with Crippen LogP contribution in [0, 0.1) is 0 Å². The fourth-order valence-corrected chi connectivity index (χ4v) is 0.979. The molecule has 1 heterocycles. The molecule has 0 bridgehead atoms. The quantitative estimate of drug-likeness (QED) is 0.529. The Bertz CT molecular complexity index is 409. The van der Waals surface area contributed by atoms with Crippen LogP contribution in [0.15, 0.2) is 35.4 Å². The lowest BCUT2D eigenvalue weighted by molar-refractivity contribution is -0.137. The molecule has 0 atom stereocenters. The average Bonchev–Trinajstić information content (AvgIpc) is 2.21. The van der Waals surface area contributed by atoms with Crippen molar-refractivity contribution in [3.05, 3.63) is 41.1 Å². The molecule has 0 saturated carbocycles. The van der Waals surface area contributed by atoms with Crippen molar-refractivity contribution in [2.45, 2.75) is 13.5 Å². The van der Waals surface area contributed by atoms with Crippen molar-refractivity contribution in [3.8, 4) is 0 Å². The summed E-state index contributed by atoms with van der Waals surface area (Å²) in [6.45, 7) is 2.39. The number of rotatable bonds is 4. The summed E-state index contributed by atoms with van der Waals surface area (Å²) in [5, 5.41) is 0. The largest absolute Gasteiger partial charge is 0.463 e. The molecule has 15 heavy (non-hydrogen) atoms. The molecule has 0 amide bonds. The lowest BCUT2D eigenvalue weighted by Crippen LogP contribution is -2.20. The highest BCUT2D eigenvalue weighted by molar-refractivity contribution is 5.81. The minimum atomic E-state index is -0.408. The molecule has 1 rings (SSSR count). The SMILES string of the molecule is CCOC(=O)/C=C/Cn1cccnc1=O. The van der Waals surface area contributed by atoms with Crippen molar-refractivity contribution in [1.29, 1.82) is 0 Å². The van der Waals surface area contributed by atoms with Gasteiger partial charge in [0.15, 0.2) is 0 Å². The molecule has 80 valence electrons. The lowest BCUT2D eigenvalue weighted by Gasteiger charge is -1.98. The van der Waals surface area contributed by atoms with Gasteiger partial charge in [-0.2, -0.15) is 0 Å². The van der Waals surface area contributed by atoms with E-state index >= 15 is 0 Å². The van der Waals surface area contributed by atoms with Gasteiger partial charge in [-0.05, 0) is 13.0 Å². The molecule has 1 aromatic rings. The second-order valence-corrected chi connectivity index (χ2v) is 2.71. The van der Waals surface area contributed by atoms with Crippen LogP contribution in [0.5, 0.6) is 0 Å². The van der Waals surface area contributed by atoms with Crippen LogP contribution in [0.3, 0.4) is 0 Å². The van der Waals surface area contributed by atoms with E-state index in [2.05, 4.69) is 9.72 Å². The number of ether oxygens (including phenoxy) is 1. The summed E-state index contributed by atoms with van der Waals surface area (Å²) >= 11 is 0. The van der Waals surface area contributed by atoms with Crippen LogP contribution in [0.4, 0.5) is 0 Å². The second kappa shape index (κ2) is 5.74. The van der Waals surface area contributed by atoms with E-state index in [9.17, 15) is 9.59 Å². The number of nitrogens with zero attached hydrogens (tertiary/aromatic N) is 2. The topological polar surface area (TPSA) is 61.2 Å². The third-order valence-electron chi connectivity index (χ3n) is 1.63. The van der Waals surface area contributed by atoms with Crippen LogP contribution in [0.25, 0.3) is 0 Å². The first kappa shape index (κ1) is 11.2. The van der Waals surface area contributed by atoms with Crippen molar-refractivity contribution < 1.29 is 9.53 Å². The summed E-state index contributed by atoms with van der Waals surface area (Å²) in [6.07, 6.45) is 5.88. The molecule has 5 nitrogen and oxygen atoms in total. The van der Waals surface area contributed by atoms with Gasteiger partial charge in [0.05, 0.1) is 6.61 Å². The summed E-state index contributed by atoms with van der Waals surface area (Å²) in [7, 11) is 0. The number of aromatic nitrogens is 2. The Hall–Kier alpha value is -1.91. The van der Waals surface area contributed by atoms with Gasteiger partial charge in [-0.15, -0.1) is 0 Å². The maximum Gasteiger partial charge on any atom is 0.347 e. The van der Waals surface area contributed by atoms with E-state index in [1.807, 2.05) is 0 Å². The summed E-state index contributed by atoms with van der Waals surface area (Å²) < 4.78 is 6.07. The normalized spacial score (nSPS) is 10.5. The molecule has 5 heteroatoms. The number of hydrogen-bond acceptors (Lipinski definition) is 4. The molecular weight excluding hydrogens is 196 g/mol. The molecule has 0 N–H and O–H groups in total. The van der Waals surface area contributed by atoms with Crippen LogP contribution in [0.1, 0.15) is 6.92 Å². The van der Waals surface area contributed by atoms with Crippen LogP contribution < -0.4 is 5.69 Å². The Kier molecular flexibility index (Phi) is 4.28. The maximum atomic E-state index is 11.1. The summed E-state index contributed by atoms with van der Waals surface area (Å²) in [4.78, 5) is 25.6. The Morgan fingerprint density at radius 3 is 3.13 bits per heavy atom. The van der Waals surface area contributed by atoms with E-state index in [0.29, 0.717) is 13.2 Å². The fourth-order valence-electron chi connectivity index (χ4n) is 0.979. The van der Waals surface area contributed by atoms with E-state index in [1.165, 1.54) is 16.8 Å². The van der Waals surface area contributed by atoms with Gasteiger partial charge in [0.2, 0.25) is 0 Å². The van der Waals surface area contributed by atoms with Crippen LogP contribution >= 0.6 is 0 Å². The van der Waals surface area contributed by atoms with Crippen molar-refractivity contribution in [1.82, 2.24) is 9.55 Å². The summed E-state index contributed by atoms with van der Waals surface area (Å²) in [5.74, 6) is -0.408. The number of esters is 1. The van der Waals surface area contributed by atoms with Gasteiger partial charge in [-0.25, -0.2) is 14.6 Å². The van der Waals surface area contributed by atoms with E-state index in [4.69, 9.17) is 0 Å². The summed E-state index contributed by atoms with van der Waals surface area (Å²) in [6, 6.07) is 1.65. The Balaban J connectivity index is 2.54. The standard InChI is InChI=1S/C10H12N2O3/c1-2-15-9(13)5-3-7-12-8-4-6-11-10(12)14/h3-6,8H,2,7H2,1H3/b5-3+. The monoisotopic (exact) mass is 208 g/mol. The first-order valence-corrected chi connectivity index (χ1v) is 4.58.